The molecule has 0 saturated heterocycles. The van der Waals surface area contributed by atoms with Crippen LogP contribution in [0.5, 0.6) is 11.5 Å². The quantitative estimate of drug-likeness (QED) is 0.489. The molecule has 1 unspecified atom stereocenters. The molecule has 0 radical (unpaired) electrons. The van der Waals surface area contributed by atoms with E-state index in [1.807, 2.05) is 49.6 Å². The van der Waals surface area contributed by atoms with E-state index in [4.69, 9.17) is 14.2 Å². The van der Waals surface area contributed by atoms with Crippen molar-refractivity contribution in [2.45, 2.75) is 33.3 Å². The van der Waals surface area contributed by atoms with E-state index in [2.05, 4.69) is 42.5 Å². The van der Waals surface area contributed by atoms with Gasteiger partial charge in [-0.05, 0) is 38.5 Å². The van der Waals surface area contributed by atoms with Crippen LogP contribution in [0.2, 0.25) is 0 Å². The van der Waals surface area contributed by atoms with E-state index in [1.165, 1.54) is 5.57 Å². The lowest BCUT2D eigenvalue weighted by Crippen LogP contribution is -2.14. The van der Waals surface area contributed by atoms with Crippen molar-refractivity contribution in [3.63, 3.8) is 0 Å². The van der Waals surface area contributed by atoms with Crippen LogP contribution in [-0.4, -0.2) is 32.7 Å². The Balaban J connectivity index is 1.87. The second-order valence-electron chi connectivity index (χ2n) is 7.55. The van der Waals surface area contributed by atoms with Gasteiger partial charge in [0.25, 0.3) is 0 Å². The molecule has 1 atom stereocenters. The van der Waals surface area contributed by atoms with Crippen LogP contribution in [0.3, 0.4) is 0 Å². The average Bonchev–Trinajstić information content (AvgIpc) is 3.01. The van der Waals surface area contributed by atoms with Crippen LogP contribution in [0.25, 0.3) is 0 Å². The molecular formula is C27H32N2O3. The minimum Gasteiger partial charge on any atom is -0.490 e. The smallest absolute Gasteiger partial charge is 0.167 e. The van der Waals surface area contributed by atoms with Gasteiger partial charge < -0.3 is 19.5 Å². The van der Waals surface area contributed by atoms with Crippen molar-refractivity contribution in [2.24, 2.45) is 4.99 Å². The first-order valence-electron chi connectivity index (χ1n) is 11.0. The summed E-state index contributed by atoms with van der Waals surface area (Å²) in [5.74, 6) is 2.13. The van der Waals surface area contributed by atoms with Crippen LogP contribution in [0.15, 0.2) is 88.3 Å². The summed E-state index contributed by atoms with van der Waals surface area (Å²) in [6.45, 7) is 12.0. The molecule has 0 amide bonds. The maximum Gasteiger partial charge on any atom is 0.167 e. The molecule has 3 rings (SSSR count). The third-order valence-electron chi connectivity index (χ3n) is 5.14. The zero-order valence-corrected chi connectivity index (χ0v) is 19.4. The lowest BCUT2D eigenvalue weighted by Gasteiger charge is -2.22. The molecule has 1 aliphatic carbocycles. The van der Waals surface area contributed by atoms with Crippen LogP contribution in [0.4, 0.5) is 0 Å². The Labute approximate surface area is 191 Å². The third kappa shape index (κ3) is 5.50. The molecular weight excluding hydrogens is 400 g/mol. The van der Waals surface area contributed by atoms with Crippen LogP contribution in [0, 0.1) is 0 Å². The number of nitrogens with zero attached hydrogens (tertiary/aromatic N) is 1. The van der Waals surface area contributed by atoms with Crippen molar-refractivity contribution in [2.75, 3.05) is 26.9 Å². The summed E-state index contributed by atoms with van der Waals surface area (Å²) in [5, 5.41) is 3.23. The minimum atomic E-state index is -0.363. The Bertz CT molecular complexity index is 1040. The molecule has 1 aliphatic heterocycles. The number of nitrogens with one attached hydrogen (secondary N) is 1. The molecule has 32 heavy (non-hydrogen) atoms. The molecule has 0 aromatic heterocycles. The Morgan fingerprint density at radius 3 is 2.78 bits per heavy atom. The van der Waals surface area contributed by atoms with Crippen LogP contribution in [-0.2, 0) is 4.74 Å². The lowest BCUT2D eigenvalue weighted by atomic mass is 9.96. The number of amidine groups is 1. The van der Waals surface area contributed by atoms with Crippen molar-refractivity contribution in [1.82, 2.24) is 5.32 Å². The topological polar surface area (TPSA) is 52.1 Å². The van der Waals surface area contributed by atoms with Gasteiger partial charge in [0.15, 0.2) is 11.5 Å². The number of hydrogen-bond acceptors (Lipinski definition) is 4. The normalized spacial score (nSPS) is 17.4. The zero-order chi connectivity index (χ0) is 22.9. The van der Waals surface area contributed by atoms with Crippen LogP contribution in [0.1, 0.15) is 38.9 Å². The highest BCUT2D eigenvalue weighted by Gasteiger charge is 2.29. The summed E-state index contributed by atoms with van der Waals surface area (Å²) in [4.78, 5) is 4.57. The summed E-state index contributed by atoms with van der Waals surface area (Å²) < 4.78 is 18.1. The van der Waals surface area contributed by atoms with Gasteiger partial charge in [-0.2, -0.15) is 0 Å². The number of methoxy groups -OCH3 is 1. The number of aliphatic imine (C=N–C) groups is 1. The van der Waals surface area contributed by atoms with Crippen LogP contribution >= 0.6 is 0 Å². The van der Waals surface area contributed by atoms with Gasteiger partial charge in [-0.15, -0.1) is 5.73 Å². The zero-order valence-electron chi connectivity index (χ0n) is 19.4. The Hall–Kier alpha value is -3.27. The molecule has 0 saturated carbocycles. The van der Waals surface area contributed by atoms with E-state index in [1.54, 1.807) is 7.11 Å². The van der Waals surface area contributed by atoms with Gasteiger partial charge in [0.2, 0.25) is 0 Å². The number of benzene rings is 1. The lowest BCUT2D eigenvalue weighted by molar-refractivity contribution is 0.131. The first-order chi connectivity index (χ1) is 15.6. The summed E-state index contributed by atoms with van der Waals surface area (Å²) in [6, 6.07) is 5.87. The molecule has 5 nitrogen and oxygen atoms in total. The number of allylic oxidation sites excluding steroid dienone is 3. The first-order valence-corrected chi connectivity index (χ1v) is 11.0. The Morgan fingerprint density at radius 2 is 2.03 bits per heavy atom. The second kappa shape index (κ2) is 11.4. The number of ether oxygens (including phenoxy) is 3. The van der Waals surface area contributed by atoms with Crippen molar-refractivity contribution in [3.05, 3.63) is 88.9 Å². The fourth-order valence-corrected chi connectivity index (χ4v) is 3.49. The number of para-hydroxylation sites is 1. The number of rotatable bonds is 10. The van der Waals surface area contributed by atoms with Crippen molar-refractivity contribution in [3.8, 4) is 11.5 Å². The molecule has 1 N–H and O–H groups in total. The van der Waals surface area contributed by atoms with Crippen molar-refractivity contribution in [1.29, 1.82) is 0 Å². The van der Waals surface area contributed by atoms with Gasteiger partial charge >= 0.3 is 0 Å². The van der Waals surface area contributed by atoms with Gasteiger partial charge in [0.05, 0.1) is 6.61 Å². The fraction of sp³-hybridized carbons (Fsp3) is 0.333. The largest absolute Gasteiger partial charge is 0.490 e. The van der Waals surface area contributed by atoms with E-state index < -0.39 is 0 Å². The van der Waals surface area contributed by atoms with Gasteiger partial charge in [0, 0.05) is 42.1 Å². The molecule has 5 heteroatoms. The minimum absolute atomic E-state index is 0.363. The number of hydrogen-bond donors (Lipinski definition) is 1. The highest BCUT2D eigenvalue weighted by Crippen LogP contribution is 2.41. The fourth-order valence-electron chi connectivity index (χ4n) is 3.49. The van der Waals surface area contributed by atoms with Gasteiger partial charge in [-0.1, -0.05) is 43.4 Å². The maximum absolute atomic E-state index is 6.16. The summed E-state index contributed by atoms with van der Waals surface area (Å²) in [6.07, 6.45) is 10.5. The van der Waals surface area contributed by atoms with E-state index in [9.17, 15) is 0 Å². The van der Waals surface area contributed by atoms with Gasteiger partial charge in [0.1, 0.15) is 18.5 Å². The highest BCUT2D eigenvalue weighted by molar-refractivity contribution is 6.05. The molecule has 1 aromatic rings. The first kappa shape index (κ1) is 23.4. The van der Waals surface area contributed by atoms with Crippen molar-refractivity contribution < 1.29 is 14.2 Å². The van der Waals surface area contributed by atoms with E-state index in [0.29, 0.717) is 24.7 Å². The second-order valence-corrected chi connectivity index (χ2v) is 7.55. The highest BCUT2D eigenvalue weighted by atomic mass is 16.5. The standard InChI is InChI=1S/C27H32N2O3/c1-6-16-28-27-20(4)23(17-29-27)25(30-5)22-12-9-13-24(26(22)31-7-2)32-18-21-11-8-10-19(3)14-15-21/h8-10,12-15,17,25H,4,6-7,16,18H2,1-3,5H3,(H,28,29). The van der Waals surface area contributed by atoms with Gasteiger partial charge in [-0.3, -0.25) is 4.99 Å². The average molecular weight is 433 g/mol. The Morgan fingerprint density at radius 1 is 1.19 bits per heavy atom. The monoisotopic (exact) mass is 432 g/mol. The van der Waals surface area contributed by atoms with Gasteiger partial charge in [-0.25, -0.2) is 0 Å². The van der Waals surface area contributed by atoms with E-state index >= 15 is 0 Å². The molecule has 0 spiro atoms. The molecule has 0 bridgehead atoms. The predicted molar refractivity (Wildman–Crippen MR) is 130 cm³/mol. The molecule has 0 fully saturated rings. The molecule has 1 aromatic carbocycles. The predicted octanol–water partition coefficient (Wildman–Crippen LogP) is 5.60. The van der Waals surface area contributed by atoms with Crippen LogP contribution < -0.4 is 14.8 Å². The van der Waals surface area contributed by atoms with E-state index in [0.717, 1.165) is 41.1 Å². The summed E-state index contributed by atoms with van der Waals surface area (Å²) in [7, 11) is 1.69. The molecule has 1 heterocycles. The van der Waals surface area contributed by atoms with Crippen molar-refractivity contribution >= 4 is 5.84 Å². The SMILES string of the molecule is C=C1C(C(OC)c2cccc(OCC3=C=CC=C(C)C=C3)c2OCC)=CNC1=NCCC. The summed E-state index contributed by atoms with van der Waals surface area (Å²) >= 11 is 0. The summed E-state index contributed by atoms with van der Waals surface area (Å²) in [5.41, 5.74) is 8.03. The third-order valence-corrected chi connectivity index (χ3v) is 5.14. The van der Waals surface area contributed by atoms with E-state index in [-0.39, 0.29) is 6.10 Å². The molecule has 2 aliphatic rings. The molecule has 168 valence electrons. The Kier molecular flexibility index (Phi) is 8.32. The maximum atomic E-state index is 6.16.